The summed E-state index contributed by atoms with van der Waals surface area (Å²) in [6.45, 7) is 2.20. The number of hydrogen-bond donors (Lipinski definition) is 6. The van der Waals surface area contributed by atoms with Gasteiger partial charge >= 0.3 is 6.03 Å². The van der Waals surface area contributed by atoms with E-state index in [1.54, 1.807) is 23.1 Å². The van der Waals surface area contributed by atoms with Gasteiger partial charge in [-0.3, -0.25) is 14.8 Å². The number of carbonyl (C=O) groups excluding carboxylic acids is 2. The van der Waals surface area contributed by atoms with E-state index in [-0.39, 0.29) is 29.8 Å². The van der Waals surface area contributed by atoms with E-state index in [0.29, 0.717) is 52.1 Å². The van der Waals surface area contributed by atoms with Crippen molar-refractivity contribution < 1.29 is 22.7 Å². The summed E-state index contributed by atoms with van der Waals surface area (Å²) in [7, 11) is -3.74. The van der Waals surface area contributed by atoms with Gasteiger partial charge in [0.2, 0.25) is 5.91 Å². The quantitative estimate of drug-likeness (QED) is 0.0918. The van der Waals surface area contributed by atoms with E-state index in [0.717, 1.165) is 5.41 Å². The van der Waals surface area contributed by atoms with Crippen LogP contribution in [-0.2, 0) is 19.4 Å². The molecule has 10 N–H and O–H groups in total. The van der Waals surface area contributed by atoms with Crippen LogP contribution in [-0.4, -0.2) is 88.7 Å². The molecule has 0 aliphatic carbocycles. The zero-order valence-electron chi connectivity index (χ0n) is 21.9. The second kappa shape index (κ2) is 16.2. The highest BCUT2D eigenvalue weighted by atomic mass is 32.2. The van der Waals surface area contributed by atoms with Gasteiger partial charge in [0.15, 0.2) is 21.8 Å². The molecular formula is C24H39N9O5S. The summed E-state index contributed by atoms with van der Waals surface area (Å²) >= 11 is 0. The summed E-state index contributed by atoms with van der Waals surface area (Å²) in [6.07, 6.45) is 2.91. The Hall–Kier alpha value is -3.85. The van der Waals surface area contributed by atoms with Crippen LogP contribution in [0.15, 0.2) is 56.7 Å². The Morgan fingerprint density at radius 2 is 1.54 bits per heavy atom. The second-order valence-corrected chi connectivity index (χ2v) is 10.6. The van der Waals surface area contributed by atoms with Gasteiger partial charge in [-0.1, -0.05) is 24.3 Å². The summed E-state index contributed by atoms with van der Waals surface area (Å²) in [6, 6.07) is 5.96. The van der Waals surface area contributed by atoms with Gasteiger partial charge in [-0.25, -0.2) is 13.2 Å². The van der Waals surface area contributed by atoms with Crippen LogP contribution in [0, 0.1) is 0 Å². The summed E-state index contributed by atoms with van der Waals surface area (Å²) in [5.41, 5.74) is 21.5. The second-order valence-electron chi connectivity index (χ2n) is 8.80. The van der Waals surface area contributed by atoms with Gasteiger partial charge in [-0.15, -0.1) is 0 Å². The molecule has 0 bridgehead atoms. The lowest BCUT2D eigenvalue weighted by molar-refractivity contribution is -0.123. The fourth-order valence-electron chi connectivity index (χ4n) is 3.69. The summed E-state index contributed by atoms with van der Waals surface area (Å²) in [5, 5.41) is 6.68. The van der Waals surface area contributed by atoms with Crippen LogP contribution in [0.25, 0.3) is 0 Å². The van der Waals surface area contributed by atoms with Crippen molar-refractivity contribution in [2.45, 2.75) is 42.7 Å². The van der Waals surface area contributed by atoms with Gasteiger partial charge in [0.1, 0.15) is 6.04 Å². The summed E-state index contributed by atoms with van der Waals surface area (Å²) in [4.78, 5) is 35.7. The van der Waals surface area contributed by atoms with E-state index in [9.17, 15) is 18.0 Å². The van der Waals surface area contributed by atoms with Crippen molar-refractivity contribution in [2.75, 3.05) is 39.4 Å². The summed E-state index contributed by atoms with van der Waals surface area (Å²) < 4.78 is 30.8. The van der Waals surface area contributed by atoms with Crippen LogP contribution >= 0.6 is 0 Å². The predicted octanol–water partition coefficient (Wildman–Crippen LogP) is -1.02. The molecule has 0 aromatic heterocycles. The number of nitrogens with two attached hydrogens (primary N) is 4. The molecule has 1 aliphatic rings. The van der Waals surface area contributed by atoms with E-state index in [4.69, 9.17) is 27.7 Å². The first-order chi connectivity index (χ1) is 18.6. The lowest BCUT2D eigenvalue weighted by Crippen LogP contribution is -2.54. The largest absolute Gasteiger partial charge is 0.378 e. The Kier molecular flexibility index (Phi) is 13.0. The molecule has 1 saturated heterocycles. The predicted molar refractivity (Wildman–Crippen MR) is 149 cm³/mol. The number of hydrogen-bond acceptors (Lipinski definition) is 7. The minimum atomic E-state index is -3.74. The van der Waals surface area contributed by atoms with Crippen molar-refractivity contribution in [2.24, 2.45) is 32.9 Å². The average molecular weight is 566 g/mol. The number of guanidine groups is 2. The Morgan fingerprint density at radius 3 is 2.13 bits per heavy atom. The normalized spacial score (nSPS) is 15.2. The number of morpholine rings is 1. The molecular weight excluding hydrogens is 526 g/mol. The number of benzene rings is 1. The number of rotatable bonds is 14. The van der Waals surface area contributed by atoms with E-state index in [1.165, 1.54) is 18.2 Å². The third-order valence-electron chi connectivity index (χ3n) is 5.71. The van der Waals surface area contributed by atoms with Gasteiger partial charge in [0.25, 0.3) is 0 Å². The number of aliphatic imine (C=N–C) groups is 2. The van der Waals surface area contributed by atoms with Gasteiger partial charge < -0.3 is 43.2 Å². The fourth-order valence-corrected chi connectivity index (χ4v) is 4.78. The first kappa shape index (κ1) is 31.4. The number of nitrogens with zero attached hydrogens (tertiary/aromatic N) is 3. The number of nitrogens with one attached hydrogen (secondary N) is 2. The monoisotopic (exact) mass is 565 g/mol. The molecule has 1 fully saturated rings. The van der Waals surface area contributed by atoms with E-state index < -0.39 is 33.9 Å². The van der Waals surface area contributed by atoms with E-state index in [2.05, 4.69) is 20.6 Å². The molecule has 2 rings (SSSR count). The molecule has 0 saturated carbocycles. The van der Waals surface area contributed by atoms with Crippen LogP contribution in [0.5, 0.6) is 0 Å². The third kappa shape index (κ3) is 12.0. The van der Waals surface area contributed by atoms with Gasteiger partial charge in [0, 0.05) is 37.6 Å². The Morgan fingerprint density at radius 1 is 0.949 bits per heavy atom. The zero-order valence-corrected chi connectivity index (χ0v) is 22.7. The number of ether oxygens (including phenoxy) is 1. The van der Waals surface area contributed by atoms with Crippen LogP contribution in [0.1, 0.15) is 25.7 Å². The lowest BCUT2D eigenvalue weighted by Gasteiger charge is -2.29. The number of carbonyl (C=O) groups is 2. The van der Waals surface area contributed by atoms with Crippen LogP contribution in [0.3, 0.4) is 0 Å². The number of amides is 3. The van der Waals surface area contributed by atoms with Crippen molar-refractivity contribution in [1.82, 2.24) is 15.5 Å². The summed E-state index contributed by atoms with van der Waals surface area (Å²) in [5.74, 6) is -0.613. The Bertz CT molecular complexity index is 1110. The third-order valence-corrected chi connectivity index (χ3v) is 7.16. The SMILES string of the molecule is NC(N)=NCCC[C@@H](C=CS(=O)(=O)c1ccccc1)NC(=O)[C@H](CCCN=C(N)N)NC(=O)N1CCOCC1. The number of sulfone groups is 1. The molecule has 1 heterocycles. The minimum Gasteiger partial charge on any atom is -0.378 e. The maximum absolute atomic E-state index is 13.3. The van der Waals surface area contributed by atoms with Crippen LogP contribution in [0.2, 0.25) is 0 Å². The standard InChI is InChI=1S/C24H39N9O5S/c25-22(26)29-11-4-6-18(10-17-39(36,37)19-7-2-1-3-8-19)31-21(34)20(9-5-12-30-23(27)28)32-24(35)33-13-15-38-16-14-33/h1-3,7-8,10,17-18,20H,4-6,9,11-16H2,(H,31,34)(H,32,35)(H4,25,26,29)(H4,27,28,30)/t18-,20-/m0/s1. The highest BCUT2D eigenvalue weighted by Gasteiger charge is 2.26. The van der Waals surface area contributed by atoms with Crippen molar-refractivity contribution in [3.63, 3.8) is 0 Å². The Balaban J connectivity index is 2.17. The van der Waals surface area contributed by atoms with Crippen molar-refractivity contribution >= 4 is 33.7 Å². The van der Waals surface area contributed by atoms with Crippen molar-refractivity contribution in [1.29, 1.82) is 0 Å². The molecule has 3 amide bonds. The number of urea groups is 1. The van der Waals surface area contributed by atoms with Gasteiger partial charge in [0.05, 0.1) is 18.1 Å². The lowest BCUT2D eigenvalue weighted by atomic mass is 10.1. The van der Waals surface area contributed by atoms with Gasteiger partial charge in [-0.05, 0) is 37.8 Å². The molecule has 1 aromatic carbocycles. The maximum atomic E-state index is 13.3. The van der Waals surface area contributed by atoms with Gasteiger partial charge in [-0.2, -0.15) is 0 Å². The van der Waals surface area contributed by atoms with E-state index in [1.807, 2.05) is 0 Å². The topological polar surface area (TPSA) is 234 Å². The molecule has 39 heavy (non-hydrogen) atoms. The van der Waals surface area contributed by atoms with E-state index >= 15 is 0 Å². The molecule has 216 valence electrons. The molecule has 1 aromatic rings. The highest BCUT2D eigenvalue weighted by Crippen LogP contribution is 2.13. The fraction of sp³-hybridized carbons (Fsp3) is 0.500. The first-order valence-electron chi connectivity index (χ1n) is 12.6. The minimum absolute atomic E-state index is 0.0653. The Labute approximate surface area is 228 Å². The molecule has 0 unspecified atom stereocenters. The molecule has 1 aliphatic heterocycles. The molecule has 2 atom stereocenters. The molecule has 0 radical (unpaired) electrons. The first-order valence-corrected chi connectivity index (χ1v) is 14.2. The maximum Gasteiger partial charge on any atom is 0.318 e. The van der Waals surface area contributed by atoms with Crippen molar-refractivity contribution in [3.05, 3.63) is 41.8 Å². The van der Waals surface area contributed by atoms with Crippen LogP contribution in [0.4, 0.5) is 4.79 Å². The van der Waals surface area contributed by atoms with Crippen LogP contribution < -0.4 is 33.6 Å². The average Bonchev–Trinajstić information content (AvgIpc) is 2.91. The molecule has 14 nitrogen and oxygen atoms in total. The van der Waals surface area contributed by atoms with Crippen molar-refractivity contribution in [3.8, 4) is 0 Å². The molecule has 15 heteroatoms. The highest BCUT2D eigenvalue weighted by molar-refractivity contribution is 7.94. The molecule has 0 spiro atoms. The smallest absolute Gasteiger partial charge is 0.318 e. The zero-order chi connectivity index (χ0) is 28.7.